The summed E-state index contributed by atoms with van der Waals surface area (Å²) in [5.74, 6) is 0.763. The highest BCUT2D eigenvalue weighted by Crippen LogP contribution is 2.33. The molecule has 1 fully saturated rings. The molecule has 1 aliphatic heterocycles. The number of nitrogens with zero attached hydrogens (tertiary/aromatic N) is 1. The molecule has 5 heteroatoms. The molecule has 4 nitrogen and oxygen atoms in total. The molecule has 0 bridgehead atoms. The number of carbonyl (C=O) groups is 1. The zero-order valence-electron chi connectivity index (χ0n) is 13.8. The summed E-state index contributed by atoms with van der Waals surface area (Å²) in [6, 6.07) is 11.9. The number of hydrogen-bond donors (Lipinski definition) is 0. The van der Waals surface area contributed by atoms with Gasteiger partial charge in [0.2, 0.25) is 0 Å². The van der Waals surface area contributed by atoms with Crippen molar-refractivity contribution in [1.29, 1.82) is 0 Å². The molecular weight excluding hydrogens is 309 g/mol. The summed E-state index contributed by atoms with van der Waals surface area (Å²) in [6.45, 7) is 1.19. The van der Waals surface area contributed by atoms with Gasteiger partial charge in [0.25, 0.3) is 5.91 Å². The van der Waals surface area contributed by atoms with Gasteiger partial charge in [-0.1, -0.05) is 18.2 Å². The van der Waals surface area contributed by atoms with Crippen LogP contribution in [-0.4, -0.2) is 38.1 Å². The second-order valence-corrected chi connectivity index (χ2v) is 5.83. The fourth-order valence-electron chi connectivity index (χ4n) is 3.20. The van der Waals surface area contributed by atoms with Crippen molar-refractivity contribution < 1.29 is 18.7 Å². The van der Waals surface area contributed by atoms with Crippen LogP contribution in [0.25, 0.3) is 0 Å². The smallest absolute Gasteiger partial charge is 0.261 e. The highest BCUT2D eigenvalue weighted by atomic mass is 19.1. The second kappa shape index (κ2) is 6.91. The predicted molar refractivity (Wildman–Crippen MR) is 89.2 cm³/mol. The predicted octanol–water partition coefficient (Wildman–Crippen LogP) is 3.47. The van der Waals surface area contributed by atoms with Gasteiger partial charge in [-0.3, -0.25) is 4.79 Å². The Morgan fingerprint density at radius 2 is 1.79 bits per heavy atom. The van der Waals surface area contributed by atoms with Gasteiger partial charge in [-0.05, 0) is 36.2 Å². The fraction of sp³-hybridized carbons (Fsp3) is 0.316. The van der Waals surface area contributed by atoms with E-state index in [2.05, 4.69) is 0 Å². The minimum atomic E-state index is -0.247. The number of rotatable bonds is 4. The number of methoxy groups -OCH3 is 2. The lowest BCUT2D eigenvalue weighted by molar-refractivity contribution is 0.0784. The van der Waals surface area contributed by atoms with Gasteiger partial charge in [-0.2, -0.15) is 0 Å². The van der Waals surface area contributed by atoms with E-state index >= 15 is 0 Å². The largest absolute Gasteiger partial charge is 0.496 e. The Kier molecular flexibility index (Phi) is 4.69. The minimum Gasteiger partial charge on any atom is -0.496 e. The molecule has 1 saturated heterocycles. The Morgan fingerprint density at radius 3 is 2.42 bits per heavy atom. The Hall–Kier alpha value is -2.56. The monoisotopic (exact) mass is 329 g/mol. The van der Waals surface area contributed by atoms with Crippen LogP contribution < -0.4 is 9.47 Å². The minimum absolute atomic E-state index is 0.122. The number of halogens is 1. The van der Waals surface area contributed by atoms with Gasteiger partial charge < -0.3 is 14.4 Å². The Labute approximate surface area is 140 Å². The van der Waals surface area contributed by atoms with E-state index in [1.165, 1.54) is 20.3 Å². The van der Waals surface area contributed by atoms with E-state index in [0.717, 1.165) is 12.0 Å². The Bertz CT molecular complexity index is 725. The standard InChI is InChI=1S/C19H20FNO3/c1-23-16-7-4-8-17(24-2)18(16)19(22)21-10-9-14(12-21)13-5-3-6-15(20)11-13/h3-8,11,14H,9-10,12H2,1-2H3. The number of benzene rings is 2. The molecule has 1 aliphatic rings. The van der Waals surface area contributed by atoms with Crippen LogP contribution in [0.3, 0.4) is 0 Å². The molecule has 0 saturated carbocycles. The molecule has 126 valence electrons. The van der Waals surface area contributed by atoms with Crippen molar-refractivity contribution >= 4 is 5.91 Å². The van der Waals surface area contributed by atoms with E-state index in [1.807, 2.05) is 6.07 Å². The molecule has 24 heavy (non-hydrogen) atoms. The van der Waals surface area contributed by atoms with Crippen LogP contribution in [0, 0.1) is 5.82 Å². The summed E-state index contributed by atoms with van der Waals surface area (Å²) in [5.41, 5.74) is 1.36. The zero-order valence-corrected chi connectivity index (χ0v) is 13.8. The first-order valence-corrected chi connectivity index (χ1v) is 7.89. The van der Waals surface area contributed by atoms with E-state index in [4.69, 9.17) is 9.47 Å². The summed E-state index contributed by atoms with van der Waals surface area (Å²) in [7, 11) is 3.07. The first-order valence-electron chi connectivity index (χ1n) is 7.89. The molecule has 0 spiro atoms. The van der Waals surface area contributed by atoms with Crippen LogP contribution in [0.2, 0.25) is 0 Å². The third kappa shape index (κ3) is 3.07. The van der Waals surface area contributed by atoms with Crippen LogP contribution in [0.4, 0.5) is 4.39 Å². The highest BCUT2D eigenvalue weighted by Gasteiger charge is 2.31. The molecule has 1 heterocycles. The normalized spacial score (nSPS) is 17.0. The second-order valence-electron chi connectivity index (χ2n) is 5.83. The topological polar surface area (TPSA) is 38.8 Å². The van der Waals surface area contributed by atoms with Gasteiger partial charge in [0.05, 0.1) is 14.2 Å². The quantitative estimate of drug-likeness (QED) is 0.862. The summed E-state index contributed by atoms with van der Waals surface area (Å²) in [6.07, 6.45) is 0.812. The number of hydrogen-bond acceptors (Lipinski definition) is 3. The zero-order chi connectivity index (χ0) is 17.1. The van der Waals surface area contributed by atoms with Crippen LogP contribution >= 0.6 is 0 Å². The number of carbonyl (C=O) groups excluding carboxylic acids is 1. The maximum Gasteiger partial charge on any atom is 0.261 e. The maximum atomic E-state index is 13.4. The highest BCUT2D eigenvalue weighted by molar-refractivity contribution is 6.00. The SMILES string of the molecule is COc1cccc(OC)c1C(=O)N1CCC(c2cccc(F)c2)C1. The van der Waals surface area contributed by atoms with Crippen molar-refractivity contribution in [2.75, 3.05) is 27.3 Å². The molecular formula is C19H20FNO3. The number of ether oxygens (including phenoxy) is 2. The van der Waals surface area contributed by atoms with Crippen molar-refractivity contribution in [3.63, 3.8) is 0 Å². The van der Waals surface area contributed by atoms with E-state index in [9.17, 15) is 9.18 Å². The molecule has 0 radical (unpaired) electrons. The molecule has 2 aromatic carbocycles. The van der Waals surface area contributed by atoms with Crippen molar-refractivity contribution in [1.82, 2.24) is 4.90 Å². The molecule has 1 amide bonds. The molecule has 0 N–H and O–H groups in total. The van der Waals surface area contributed by atoms with Gasteiger partial charge in [-0.25, -0.2) is 4.39 Å². The average Bonchev–Trinajstić information content (AvgIpc) is 3.10. The Balaban J connectivity index is 1.83. The maximum absolute atomic E-state index is 13.4. The van der Waals surface area contributed by atoms with Crippen LogP contribution in [0.1, 0.15) is 28.3 Å². The van der Waals surface area contributed by atoms with Crippen LogP contribution in [-0.2, 0) is 0 Å². The molecule has 0 aliphatic carbocycles. The number of likely N-dealkylation sites (tertiary alicyclic amines) is 1. The molecule has 3 rings (SSSR count). The van der Waals surface area contributed by atoms with E-state index in [1.54, 1.807) is 35.2 Å². The van der Waals surface area contributed by atoms with Crippen molar-refractivity contribution in [2.24, 2.45) is 0 Å². The van der Waals surface area contributed by atoms with Gasteiger partial charge in [0, 0.05) is 19.0 Å². The lowest BCUT2D eigenvalue weighted by Crippen LogP contribution is -2.29. The first-order chi connectivity index (χ1) is 11.6. The average molecular weight is 329 g/mol. The first kappa shape index (κ1) is 16.3. The number of amides is 1. The fourth-order valence-corrected chi connectivity index (χ4v) is 3.20. The summed E-state index contributed by atoms with van der Waals surface area (Å²) in [5, 5.41) is 0. The van der Waals surface area contributed by atoms with Gasteiger partial charge in [-0.15, -0.1) is 0 Å². The molecule has 2 aromatic rings. The van der Waals surface area contributed by atoms with Gasteiger partial charge in [0.15, 0.2) is 0 Å². The molecule has 1 atom stereocenters. The third-order valence-corrected chi connectivity index (χ3v) is 4.44. The van der Waals surface area contributed by atoms with Crippen molar-refractivity contribution in [3.05, 3.63) is 59.4 Å². The van der Waals surface area contributed by atoms with Crippen LogP contribution in [0.15, 0.2) is 42.5 Å². The Morgan fingerprint density at radius 1 is 1.12 bits per heavy atom. The lowest BCUT2D eigenvalue weighted by atomic mass is 9.98. The summed E-state index contributed by atoms with van der Waals surface area (Å²) in [4.78, 5) is 14.7. The van der Waals surface area contributed by atoms with E-state index in [-0.39, 0.29) is 17.6 Å². The van der Waals surface area contributed by atoms with Crippen molar-refractivity contribution in [3.8, 4) is 11.5 Å². The lowest BCUT2D eigenvalue weighted by Gasteiger charge is -2.20. The third-order valence-electron chi connectivity index (χ3n) is 4.44. The summed E-state index contributed by atoms with van der Waals surface area (Å²) < 4.78 is 24.1. The molecule has 0 aromatic heterocycles. The molecule has 1 unspecified atom stereocenters. The van der Waals surface area contributed by atoms with Gasteiger partial charge in [0.1, 0.15) is 22.9 Å². The van der Waals surface area contributed by atoms with E-state index < -0.39 is 0 Å². The summed E-state index contributed by atoms with van der Waals surface area (Å²) >= 11 is 0. The van der Waals surface area contributed by atoms with Gasteiger partial charge >= 0.3 is 0 Å². The van der Waals surface area contributed by atoms with Crippen molar-refractivity contribution in [2.45, 2.75) is 12.3 Å². The van der Waals surface area contributed by atoms with E-state index in [0.29, 0.717) is 30.2 Å². The van der Waals surface area contributed by atoms with Crippen LogP contribution in [0.5, 0.6) is 11.5 Å².